The van der Waals surface area contributed by atoms with Gasteiger partial charge in [-0.05, 0) is 44.2 Å². The molecule has 5 rings (SSSR count). The van der Waals surface area contributed by atoms with Gasteiger partial charge in [-0.25, -0.2) is 17.8 Å². The fourth-order valence-electron chi connectivity index (χ4n) is 4.36. The molecule has 0 saturated carbocycles. The molecule has 1 saturated heterocycles. The van der Waals surface area contributed by atoms with E-state index in [0.717, 1.165) is 5.39 Å². The van der Waals surface area contributed by atoms with Crippen LogP contribution in [0.15, 0.2) is 47.7 Å². The highest BCUT2D eigenvalue weighted by atomic mass is 35.5. The highest BCUT2D eigenvalue weighted by molar-refractivity contribution is 7.94. The number of benzene rings is 1. The monoisotopic (exact) mass is 489 g/mol. The number of anilines is 2. The molecule has 0 bridgehead atoms. The highest BCUT2D eigenvalue weighted by Gasteiger charge is 2.62. The summed E-state index contributed by atoms with van der Waals surface area (Å²) in [6.45, 7) is 2.82. The van der Waals surface area contributed by atoms with Gasteiger partial charge in [-0.1, -0.05) is 11.6 Å². The second kappa shape index (κ2) is 7.34. The Balaban J connectivity index is 1.63. The van der Waals surface area contributed by atoms with Gasteiger partial charge in [-0.3, -0.25) is 9.98 Å². The van der Waals surface area contributed by atoms with Crippen molar-refractivity contribution in [1.82, 2.24) is 9.97 Å². The van der Waals surface area contributed by atoms with Gasteiger partial charge in [0.2, 0.25) is 0 Å². The van der Waals surface area contributed by atoms with E-state index < -0.39 is 31.2 Å². The van der Waals surface area contributed by atoms with Crippen molar-refractivity contribution in [2.45, 2.75) is 29.4 Å². The number of halogens is 2. The van der Waals surface area contributed by atoms with Crippen LogP contribution in [0.1, 0.15) is 19.4 Å². The van der Waals surface area contributed by atoms with Crippen LogP contribution in [0.3, 0.4) is 0 Å². The molecule has 3 N–H and O–H groups in total. The predicted molar refractivity (Wildman–Crippen MR) is 125 cm³/mol. The van der Waals surface area contributed by atoms with Gasteiger partial charge in [-0.15, -0.1) is 0 Å². The Morgan fingerprint density at radius 2 is 2.03 bits per heavy atom. The second-order valence-corrected chi connectivity index (χ2v) is 11.8. The first kappa shape index (κ1) is 22.0. The summed E-state index contributed by atoms with van der Waals surface area (Å²) < 4.78 is 46.1. The fourth-order valence-corrected chi connectivity index (χ4v) is 6.61. The molecule has 2 aromatic heterocycles. The molecular weight excluding hydrogens is 469 g/mol. The van der Waals surface area contributed by atoms with E-state index in [1.807, 2.05) is 0 Å². The molecule has 0 aliphatic carbocycles. The van der Waals surface area contributed by atoms with Crippen LogP contribution in [0.2, 0.25) is 5.02 Å². The zero-order chi connectivity index (χ0) is 23.6. The maximum Gasteiger partial charge on any atom is 0.170 e. The number of hydrogen-bond donors (Lipinski definition) is 2. The molecule has 33 heavy (non-hydrogen) atoms. The van der Waals surface area contributed by atoms with Gasteiger partial charge in [0.1, 0.15) is 32.7 Å². The standard InChI is InChI=1S/C22H21ClFN5O3S/c1-21(2)20(25)29-22(11-32-10-17(22)33(21,30)31)15-8-14(3-4-16(15)24)28-19-18-12(5-6-26-19)7-13(23)9-27-18/h3-9,17H,10-11H2,1-2H3,(H2,25,29)(H,26,28)/t17-,22+/m0/s1. The molecule has 0 unspecified atom stereocenters. The summed E-state index contributed by atoms with van der Waals surface area (Å²) in [6.07, 6.45) is 3.12. The lowest BCUT2D eigenvalue weighted by molar-refractivity contribution is 0.178. The van der Waals surface area contributed by atoms with Gasteiger partial charge in [0.15, 0.2) is 15.7 Å². The number of aromatic nitrogens is 2. The van der Waals surface area contributed by atoms with Crippen LogP contribution in [0, 0.1) is 5.82 Å². The SMILES string of the molecule is CC1(C)C(N)=N[C@@]2(c3cc(Nc4nccc5cc(Cl)cnc45)ccc3F)COC[C@@H]2S1(=O)=O. The van der Waals surface area contributed by atoms with E-state index in [-0.39, 0.29) is 24.6 Å². The van der Waals surface area contributed by atoms with Crippen molar-refractivity contribution in [1.29, 1.82) is 0 Å². The lowest BCUT2D eigenvalue weighted by Crippen LogP contribution is -2.60. The zero-order valence-corrected chi connectivity index (χ0v) is 19.4. The zero-order valence-electron chi connectivity index (χ0n) is 17.8. The van der Waals surface area contributed by atoms with Crippen molar-refractivity contribution in [3.63, 3.8) is 0 Å². The molecule has 0 radical (unpaired) electrons. The molecule has 1 aromatic carbocycles. The maximum atomic E-state index is 15.2. The summed E-state index contributed by atoms with van der Waals surface area (Å²) in [5.41, 5.74) is 5.78. The number of nitrogens with one attached hydrogen (secondary N) is 1. The minimum absolute atomic E-state index is 0.0705. The average Bonchev–Trinajstić information content (AvgIpc) is 3.19. The Morgan fingerprint density at radius 1 is 1.24 bits per heavy atom. The summed E-state index contributed by atoms with van der Waals surface area (Å²) in [4.78, 5) is 13.2. The summed E-state index contributed by atoms with van der Waals surface area (Å²) in [5.74, 6) is -0.226. The molecule has 2 aliphatic heterocycles. The summed E-state index contributed by atoms with van der Waals surface area (Å²) in [6, 6.07) is 7.86. The molecular formula is C22H21ClFN5O3S. The Hall–Kier alpha value is -2.82. The number of amidine groups is 1. The number of nitrogens with zero attached hydrogens (tertiary/aromatic N) is 3. The number of pyridine rings is 2. The highest BCUT2D eigenvalue weighted by Crippen LogP contribution is 2.47. The van der Waals surface area contributed by atoms with Gasteiger partial charge in [0.05, 0.1) is 18.2 Å². The van der Waals surface area contributed by atoms with E-state index in [9.17, 15) is 8.42 Å². The topological polar surface area (TPSA) is 120 Å². The van der Waals surface area contributed by atoms with Crippen molar-refractivity contribution in [3.05, 3.63) is 59.1 Å². The lowest BCUT2D eigenvalue weighted by atomic mass is 9.87. The van der Waals surface area contributed by atoms with Crippen molar-refractivity contribution in [2.75, 3.05) is 18.5 Å². The van der Waals surface area contributed by atoms with Gasteiger partial charge < -0.3 is 15.8 Å². The number of fused-ring (bicyclic) bond motifs is 2. The van der Waals surface area contributed by atoms with Crippen LogP contribution in [-0.4, -0.2) is 47.4 Å². The number of rotatable bonds is 3. The Bertz CT molecular complexity index is 1430. The Morgan fingerprint density at radius 3 is 2.82 bits per heavy atom. The number of ether oxygens (including phenoxy) is 1. The summed E-state index contributed by atoms with van der Waals surface area (Å²) >= 11 is 6.03. The first-order valence-corrected chi connectivity index (χ1v) is 12.1. The molecule has 2 aliphatic rings. The largest absolute Gasteiger partial charge is 0.386 e. The molecule has 4 heterocycles. The quantitative estimate of drug-likeness (QED) is 0.579. The van der Waals surface area contributed by atoms with Crippen molar-refractivity contribution in [3.8, 4) is 0 Å². The van der Waals surface area contributed by atoms with E-state index in [2.05, 4.69) is 20.3 Å². The molecule has 172 valence electrons. The first-order chi connectivity index (χ1) is 15.6. The molecule has 0 amide bonds. The van der Waals surface area contributed by atoms with Crippen LogP contribution in [-0.2, 0) is 20.1 Å². The number of hydrogen-bond acceptors (Lipinski definition) is 8. The van der Waals surface area contributed by atoms with Gasteiger partial charge in [-0.2, -0.15) is 0 Å². The van der Waals surface area contributed by atoms with Crippen molar-refractivity contribution in [2.24, 2.45) is 10.7 Å². The molecule has 8 nitrogen and oxygen atoms in total. The molecule has 3 aromatic rings. The number of aliphatic imine (C=N–C) groups is 1. The Labute approximate surface area is 195 Å². The first-order valence-electron chi connectivity index (χ1n) is 10.2. The van der Waals surface area contributed by atoms with E-state index in [1.54, 1.807) is 18.3 Å². The van der Waals surface area contributed by atoms with Crippen LogP contribution in [0.5, 0.6) is 0 Å². The third-order valence-electron chi connectivity index (χ3n) is 6.41. The Kier molecular flexibility index (Phi) is 4.89. The van der Waals surface area contributed by atoms with Crippen LogP contribution >= 0.6 is 11.6 Å². The molecule has 2 atom stereocenters. The van der Waals surface area contributed by atoms with Gasteiger partial charge in [0.25, 0.3) is 0 Å². The number of nitrogens with two attached hydrogens (primary N) is 1. The molecule has 11 heteroatoms. The predicted octanol–water partition coefficient (Wildman–Crippen LogP) is 3.32. The van der Waals surface area contributed by atoms with Gasteiger partial charge in [0, 0.05) is 29.0 Å². The molecule has 1 fully saturated rings. The minimum Gasteiger partial charge on any atom is -0.386 e. The lowest BCUT2D eigenvalue weighted by Gasteiger charge is -2.41. The van der Waals surface area contributed by atoms with E-state index in [1.165, 1.54) is 38.2 Å². The third-order valence-corrected chi connectivity index (χ3v) is 9.52. The maximum absolute atomic E-state index is 15.2. The minimum atomic E-state index is -3.82. The van der Waals surface area contributed by atoms with E-state index in [0.29, 0.717) is 22.0 Å². The smallest absolute Gasteiger partial charge is 0.170 e. The van der Waals surface area contributed by atoms with Crippen LogP contribution in [0.4, 0.5) is 15.9 Å². The van der Waals surface area contributed by atoms with E-state index >= 15 is 4.39 Å². The van der Waals surface area contributed by atoms with Gasteiger partial charge >= 0.3 is 0 Å². The van der Waals surface area contributed by atoms with Crippen LogP contribution in [0.25, 0.3) is 10.9 Å². The average molecular weight is 490 g/mol. The van der Waals surface area contributed by atoms with E-state index in [4.69, 9.17) is 22.1 Å². The third kappa shape index (κ3) is 3.19. The van der Waals surface area contributed by atoms with Crippen LogP contribution < -0.4 is 11.1 Å². The fraction of sp³-hybridized carbons (Fsp3) is 0.318. The summed E-state index contributed by atoms with van der Waals surface area (Å²) in [7, 11) is -3.82. The second-order valence-electron chi connectivity index (χ2n) is 8.68. The molecule has 0 spiro atoms. The normalized spacial score (nSPS) is 25.5. The number of sulfone groups is 1. The summed E-state index contributed by atoms with van der Waals surface area (Å²) in [5, 5.41) is 3.36. The van der Waals surface area contributed by atoms with Crippen molar-refractivity contribution < 1.29 is 17.5 Å². The van der Waals surface area contributed by atoms with Crippen molar-refractivity contribution >= 4 is 49.7 Å².